The van der Waals surface area contributed by atoms with Crippen LogP contribution in [0.4, 0.5) is 0 Å². The number of nitrogens with one attached hydrogen (secondary N) is 1. The van der Waals surface area contributed by atoms with Crippen molar-refractivity contribution >= 4 is 29.2 Å². The fourth-order valence-electron chi connectivity index (χ4n) is 1.49. The summed E-state index contributed by atoms with van der Waals surface area (Å²) < 4.78 is 4.84. The van der Waals surface area contributed by atoms with Gasteiger partial charge in [0.25, 0.3) is 0 Å². The number of rotatable bonds is 7. The lowest BCUT2D eigenvalue weighted by Gasteiger charge is -2.08. The van der Waals surface area contributed by atoms with Gasteiger partial charge >= 0.3 is 5.97 Å². The van der Waals surface area contributed by atoms with Gasteiger partial charge in [0.1, 0.15) is 0 Å². The predicted octanol–water partition coefficient (Wildman–Crippen LogP) is 3.24. The first-order valence-corrected chi connectivity index (χ1v) is 6.79. The van der Waals surface area contributed by atoms with Gasteiger partial charge in [0.05, 0.1) is 6.61 Å². The van der Waals surface area contributed by atoms with E-state index in [1.807, 2.05) is 6.07 Å². The molecule has 0 bridgehead atoms. The van der Waals surface area contributed by atoms with Crippen molar-refractivity contribution in [1.29, 1.82) is 0 Å². The molecule has 0 saturated heterocycles. The van der Waals surface area contributed by atoms with Crippen LogP contribution in [0.1, 0.15) is 12.5 Å². The molecular formula is C14H17Cl2NO2. The summed E-state index contributed by atoms with van der Waals surface area (Å²) >= 11 is 11.9. The van der Waals surface area contributed by atoms with Gasteiger partial charge < -0.3 is 10.1 Å². The maximum atomic E-state index is 11.3. The van der Waals surface area contributed by atoms with E-state index in [9.17, 15) is 4.79 Å². The molecule has 0 aromatic heterocycles. The fraction of sp³-hybridized carbons (Fsp3) is 0.357. The molecule has 1 aromatic carbocycles. The molecule has 1 aromatic rings. The summed E-state index contributed by atoms with van der Waals surface area (Å²) in [5, 5.41) is 4.40. The molecule has 0 aliphatic rings. The highest BCUT2D eigenvalue weighted by Gasteiger charge is 2.07. The topological polar surface area (TPSA) is 38.3 Å². The molecule has 0 aliphatic heterocycles. The molecule has 0 atom stereocenters. The summed E-state index contributed by atoms with van der Waals surface area (Å²) in [6, 6.07) is 5.42. The number of ether oxygens (including phenoxy) is 1. The Hall–Kier alpha value is -1.03. The lowest BCUT2D eigenvalue weighted by Crippen LogP contribution is -2.23. The first-order valence-electron chi connectivity index (χ1n) is 6.04. The normalized spacial score (nSPS) is 10.3. The maximum absolute atomic E-state index is 11.3. The summed E-state index contributed by atoms with van der Waals surface area (Å²) in [5.74, 6) is -0.362. The summed E-state index contributed by atoms with van der Waals surface area (Å²) in [6.07, 6.45) is 0.756. The molecule has 0 saturated carbocycles. The Morgan fingerprint density at radius 2 is 2.16 bits per heavy atom. The zero-order chi connectivity index (χ0) is 14.3. The molecule has 1 N–H and O–H groups in total. The lowest BCUT2D eigenvalue weighted by molar-refractivity contribution is -0.138. The molecular weight excluding hydrogens is 285 g/mol. The summed E-state index contributed by atoms with van der Waals surface area (Å²) in [7, 11) is 0. The maximum Gasteiger partial charge on any atom is 0.334 e. The van der Waals surface area contributed by atoms with Gasteiger partial charge in [-0.15, -0.1) is 0 Å². The van der Waals surface area contributed by atoms with Crippen LogP contribution in [0.2, 0.25) is 10.0 Å². The van der Waals surface area contributed by atoms with Crippen LogP contribution in [0.15, 0.2) is 30.4 Å². The monoisotopic (exact) mass is 301 g/mol. The van der Waals surface area contributed by atoms with Gasteiger partial charge in [-0.2, -0.15) is 0 Å². The number of carbonyl (C=O) groups is 1. The van der Waals surface area contributed by atoms with Crippen LogP contribution >= 0.6 is 23.2 Å². The number of hydrogen-bond donors (Lipinski definition) is 1. The Bertz CT molecular complexity index is 461. The molecule has 19 heavy (non-hydrogen) atoms. The highest BCUT2D eigenvalue weighted by molar-refractivity contribution is 6.35. The van der Waals surface area contributed by atoms with Gasteiger partial charge in [-0.1, -0.05) is 35.8 Å². The highest BCUT2D eigenvalue weighted by atomic mass is 35.5. The van der Waals surface area contributed by atoms with E-state index < -0.39 is 0 Å². The Balaban J connectivity index is 2.31. The molecule has 0 unspecified atom stereocenters. The average molecular weight is 302 g/mol. The van der Waals surface area contributed by atoms with Crippen molar-refractivity contribution in [2.24, 2.45) is 0 Å². The van der Waals surface area contributed by atoms with Gasteiger partial charge in [-0.05, 0) is 37.6 Å². The second-order valence-corrected chi connectivity index (χ2v) is 4.83. The largest absolute Gasteiger partial charge is 0.463 e. The SMILES string of the molecule is C=C(CNCCc1ccc(Cl)cc1Cl)C(=O)OCC. The number of benzene rings is 1. The lowest BCUT2D eigenvalue weighted by atomic mass is 10.1. The number of esters is 1. The number of halogens is 2. The van der Waals surface area contributed by atoms with Crippen LogP contribution in [-0.2, 0) is 16.0 Å². The third kappa shape index (κ3) is 5.64. The molecule has 0 amide bonds. The zero-order valence-corrected chi connectivity index (χ0v) is 12.4. The van der Waals surface area contributed by atoms with Crippen LogP contribution in [0.3, 0.4) is 0 Å². The van der Waals surface area contributed by atoms with Crippen molar-refractivity contribution in [3.63, 3.8) is 0 Å². The fourth-order valence-corrected chi connectivity index (χ4v) is 2.00. The second-order valence-electron chi connectivity index (χ2n) is 3.99. The Kier molecular flexibility index (Phi) is 6.92. The average Bonchev–Trinajstić information content (AvgIpc) is 2.36. The van der Waals surface area contributed by atoms with Crippen molar-refractivity contribution in [3.05, 3.63) is 46.0 Å². The van der Waals surface area contributed by atoms with Crippen LogP contribution in [0.25, 0.3) is 0 Å². The quantitative estimate of drug-likeness (QED) is 0.477. The van der Waals surface area contributed by atoms with Crippen LogP contribution in [0, 0.1) is 0 Å². The first kappa shape index (κ1) is 16.0. The number of carbonyl (C=O) groups excluding carboxylic acids is 1. The smallest absolute Gasteiger partial charge is 0.334 e. The van der Waals surface area contributed by atoms with Crippen LogP contribution < -0.4 is 5.32 Å². The van der Waals surface area contributed by atoms with Crippen LogP contribution in [0.5, 0.6) is 0 Å². The summed E-state index contributed by atoms with van der Waals surface area (Å²) in [6.45, 7) is 6.89. The standard InChI is InChI=1S/C14H17Cl2NO2/c1-3-19-14(18)10(2)9-17-7-6-11-4-5-12(15)8-13(11)16/h4-5,8,17H,2-3,6-7,9H2,1H3. The summed E-state index contributed by atoms with van der Waals surface area (Å²) in [5.41, 5.74) is 1.43. The number of hydrogen-bond acceptors (Lipinski definition) is 3. The Morgan fingerprint density at radius 1 is 1.42 bits per heavy atom. The molecule has 5 heteroatoms. The van der Waals surface area contributed by atoms with E-state index in [0.29, 0.717) is 35.3 Å². The van der Waals surface area contributed by atoms with Crippen molar-refractivity contribution in [1.82, 2.24) is 5.32 Å². The molecule has 0 heterocycles. The predicted molar refractivity (Wildman–Crippen MR) is 78.8 cm³/mol. The van der Waals surface area contributed by atoms with E-state index in [1.165, 1.54) is 0 Å². The van der Waals surface area contributed by atoms with E-state index in [0.717, 1.165) is 12.0 Å². The van der Waals surface area contributed by atoms with Crippen molar-refractivity contribution < 1.29 is 9.53 Å². The van der Waals surface area contributed by atoms with E-state index in [-0.39, 0.29) is 5.97 Å². The molecule has 1 rings (SSSR count). The minimum Gasteiger partial charge on any atom is -0.463 e. The van der Waals surface area contributed by atoms with Crippen molar-refractivity contribution in [2.75, 3.05) is 19.7 Å². The zero-order valence-electron chi connectivity index (χ0n) is 10.8. The van der Waals surface area contributed by atoms with Gasteiger partial charge in [-0.25, -0.2) is 4.79 Å². The van der Waals surface area contributed by atoms with E-state index in [1.54, 1.807) is 19.1 Å². The Morgan fingerprint density at radius 3 is 2.79 bits per heavy atom. The van der Waals surface area contributed by atoms with Gasteiger partial charge in [-0.3, -0.25) is 0 Å². The second kappa shape index (κ2) is 8.20. The minimum absolute atomic E-state index is 0.359. The summed E-state index contributed by atoms with van der Waals surface area (Å²) in [4.78, 5) is 11.3. The molecule has 0 spiro atoms. The van der Waals surface area contributed by atoms with E-state index in [2.05, 4.69) is 11.9 Å². The van der Waals surface area contributed by atoms with Gasteiger partial charge in [0.15, 0.2) is 0 Å². The molecule has 0 fully saturated rings. The van der Waals surface area contributed by atoms with Crippen molar-refractivity contribution in [2.45, 2.75) is 13.3 Å². The molecule has 104 valence electrons. The first-order chi connectivity index (χ1) is 9.04. The molecule has 3 nitrogen and oxygen atoms in total. The van der Waals surface area contributed by atoms with Gasteiger partial charge in [0, 0.05) is 22.2 Å². The van der Waals surface area contributed by atoms with E-state index in [4.69, 9.17) is 27.9 Å². The third-order valence-electron chi connectivity index (χ3n) is 2.49. The van der Waals surface area contributed by atoms with Gasteiger partial charge in [0.2, 0.25) is 0 Å². The van der Waals surface area contributed by atoms with Crippen LogP contribution in [-0.4, -0.2) is 25.7 Å². The Labute approximate surface area is 123 Å². The molecule has 0 radical (unpaired) electrons. The van der Waals surface area contributed by atoms with Crippen molar-refractivity contribution in [3.8, 4) is 0 Å². The van der Waals surface area contributed by atoms with E-state index >= 15 is 0 Å². The molecule has 0 aliphatic carbocycles. The minimum atomic E-state index is -0.362. The highest BCUT2D eigenvalue weighted by Crippen LogP contribution is 2.20. The third-order valence-corrected chi connectivity index (χ3v) is 3.08.